The van der Waals surface area contributed by atoms with Crippen LogP contribution in [0.15, 0.2) is 47.5 Å². The highest BCUT2D eigenvalue weighted by molar-refractivity contribution is 5.91. The monoisotopic (exact) mass is 323 g/mol. The quantitative estimate of drug-likeness (QED) is 0.669. The van der Waals surface area contributed by atoms with Crippen molar-refractivity contribution < 1.29 is 4.79 Å². The van der Waals surface area contributed by atoms with Crippen molar-refractivity contribution >= 4 is 11.7 Å². The number of anilines is 1. The van der Waals surface area contributed by atoms with E-state index in [-0.39, 0.29) is 18.0 Å². The molecule has 0 saturated heterocycles. The molecule has 0 bridgehead atoms. The first-order valence-corrected chi connectivity index (χ1v) is 7.89. The Morgan fingerprint density at radius 3 is 2.75 bits per heavy atom. The molecule has 1 aliphatic carbocycles. The molecule has 122 valence electrons. The number of aromatic amines is 2. The Morgan fingerprint density at radius 1 is 1.29 bits per heavy atom. The maximum Gasteiger partial charge on any atom is 0.330 e. The second-order valence-corrected chi connectivity index (χ2v) is 6.01. The molecule has 2 aromatic heterocycles. The lowest BCUT2D eigenvalue weighted by atomic mass is 10.1. The maximum atomic E-state index is 12.1. The van der Waals surface area contributed by atoms with Gasteiger partial charge in [-0.25, -0.2) is 4.79 Å². The number of carbonyl (C=O) groups excluding carboxylic acids is 1. The van der Waals surface area contributed by atoms with Crippen LogP contribution < -0.4 is 11.0 Å². The third kappa shape index (κ3) is 3.01. The van der Waals surface area contributed by atoms with Crippen LogP contribution in [0.2, 0.25) is 0 Å². The molecule has 1 amide bonds. The molecule has 0 spiro atoms. The Balaban J connectivity index is 1.40. The van der Waals surface area contributed by atoms with Crippen LogP contribution in [0.5, 0.6) is 0 Å². The number of amides is 1. The summed E-state index contributed by atoms with van der Waals surface area (Å²) in [5.41, 5.74) is 2.53. The molecule has 1 aromatic carbocycles. The minimum Gasteiger partial charge on any atom is -0.312 e. The summed E-state index contributed by atoms with van der Waals surface area (Å²) in [5.74, 6) is 1.03. The molecule has 1 saturated carbocycles. The van der Waals surface area contributed by atoms with Crippen molar-refractivity contribution in [3.05, 3.63) is 64.5 Å². The SMILES string of the molecule is O=C(Cc1ccc(-n2cc[nH]c2=O)cc1)Nc1cc(C2CC2)[nH]n1. The molecule has 0 aliphatic heterocycles. The van der Waals surface area contributed by atoms with Gasteiger partial charge in [0.25, 0.3) is 0 Å². The first-order valence-electron chi connectivity index (χ1n) is 7.89. The number of H-pyrrole nitrogens is 2. The van der Waals surface area contributed by atoms with Gasteiger partial charge in [-0.05, 0) is 30.5 Å². The lowest BCUT2D eigenvalue weighted by Crippen LogP contribution is -2.15. The van der Waals surface area contributed by atoms with Gasteiger partial charge in [0.05, 0.1) is 12.1 Å². The number of hydrogen-bond donors (Lipinski definition) is 3. The molecule has 1 fully saturated rings. The van der Waals surface area contributed by atoms with Crippen molar-refractivity contribution in [2.45, 2.75) is 25.2 Å². The van der Waals surface area contributed by atoms with Crippen molar-refractivity contribution in [1.82, 2.24) is 19.7 Å². The highest BCUT2D eigenvalue weighted by Gasteiger charge is 2.25. The van der Waals surface area contributed by atoms with Crippen LogP contribution >= 0.6 is 0 Å². The lowest BCUT2D eigenvalue weighted by Gasteiger charge is -2.04. The fraction of sp³-hybridized carbons (Fsp3) is 0.235. The Hall–Kier alpha value is -3.09. The average molecular weight is 323 g/mol. The van der Waals surface area contributed by atoms with Crippen molar-refractivity contribution in [2.24, 2.45) is 0 Å². The zero-order valence-electron chi connectivity index (χ0n) is 13.0. The third-order valence-corrected chi connectivity index (χ3v) is 4.11. The molecule has 3 aromatic rings. The predicted molar refractivity (Wildman–Crippen MR) is 89.3 cm³/mol. The van der Waals surface area contributed by atoms with Crippen molar-refractivity contribution in [1.29, 1.82) is 0 Å². The average Bonchev–Trinajstić information content (AvgIpc) is 3.18. The van der Waals surface area contributed by atoms with Crippen molar-refractivity contribution in [3.63, 3.8) is 0 Å². The summed E-state index contributed by atoms with van der Waals surface area (Å²) in [6.07, 6.45) is 5.88. The van der Waals surface area contributed by atoms with Crippen LogP contribution in [0.4, 0.5) is 5.82 Å². The van der Waals surface area contributed by atoms with E-state index in [9.17, 15) is 9.59 Å². The van der Waals surface area contributed by atoms with Gasteiger partial charge in [-0.2, -0.15) is 5.10 Å². The van der Waals surface area contributed by atoms with Crippen molar-refractivity contribution in [2.75, 3.05) is 5.32 Å². The van der Waals surface area contributed by atoms with E-state index >= 15 is 0 Å². The van der Waals surface area contributed by atoms with Crippen LogP contribution in [0, 0.1) is 0 Å². The first kappa shape index (κ1) is 14.5. The first-order chi connectivity index (χ1) is 11.7. The van der Waals surface area contributed by atoms with Crippen LogP contribution in [-0.4, -0.2) is 25.7 Å². The van der Waals surface area contributed by atoms with Gasteiger partial charge in [0, 0.05) is 30.1 Å². The molecule has 4 rings (SSSR count). The fourth-order valence-corrected chi connectivity index (χ4v) is 2.67. The van der Waals surface area contributed by atoms with E-state index in [1.807, 2.05) is 30.3 Å². The largest absolute Gasteiger partial charge is 0.330 e. The topological polar surface area (TPSA) is 95.6 Å². The molecule has 2 heterocycles. The van der Waals surface area contributed by atoms with E-state index in [0.29, 0.717) is 11.7 Å². The summed E-state index contributed by atoms with van der Waals surface area (Å²) in [6, 6.07) is 9.22. The van der Waals surface area contributed by atoms with E-state index in [0.717, 1.165) is 16.9 Å². The second-order valence-electron chi connectivity index (χ2n) is 6.01. The molecule has 0 atom stereocenters. The molecule has 0 radical (unpaired) electrons. The summed E-state index contributed by atoms with van der Waals surface area (Å²) in [4.78, 5) is 26.3. The highest BCUT2D eigenvalue weighted by atomic mass is 16.2. The Morgan fingerprint density at radius 2 is 2.08 bits per heavy atom. The number of aromatic nitrogens is 4. The number of nitrogens with zero attached hydrogens (tertiary/aromatic N) is 2. The number of nitrogens with one attached hydrogen (secondary N) is 3. The minimum absolute atomic E-state index is 0.115. The summed E-state index contributed by atoms with van der Waals surface area (Å²) in [7, 11) is 0. The van der Waals surface area contributed by atoms with Crippen LogP contribution in [0.25, 0.3) is 5.69 Å². The van der Waals surface area contributed by atoms with E-state index < -0.39 is 0 Å². The maximum absolute atomic E-state index is 12.1. The van der Waals surface area contributed by atoms with E-state index in [4.69, 9.17) is 0 Å². The zero-order valence-corrected chi connectivity index (χ0v) is 13.0. The summed E-state index contributed by atoms with van der Waals surface area (Å²) < 4.78 is 1.51. The molecular formula is C17H17N5O2. The molecular weight excluding hydrogens is 306 g/mol. The molecule has 7 heteroatoms. The number of hydrogen-bond acceptors (Lipinski definition) is 3. The Bertz CT molecular complexity index is 915. The molecule has 3 N–H and O–H groups in total. The number of rotatable bonds is 5. The summed E-state index contributed by atoms with van der Waals surface area (Å²) in [6.45, 7) is 0. The summed E-state index contributed by atoms with van der Waals surface area (Å²) in [5, 5.41) is 9.89. The molecule has 7 nitrogen and oxygen atoms in total. The van der Waals surface area contributed by atoms with Gasteiger partial charge < -0.3 is 10.3 Å². The highest BCUT2D eigenvalue weighted by Crippen LogP contribution is 2.39. The van der Waals surface area contributed by atoms with E-state index in [1.54, 1.807) is 12.4 Å². The van der Waals surface area contributed by atoms with Crippen molar-refractivity contribution in [3.8, 4) is 5.69 Å². The van der Waals surface area contributed by atoms with Gasteiger partial charge in [0.1, 0.15) is 0 Å². The predicted octanol–water partition coefficient (Wildman–Crippen LogP) is 1.95. The van der Waals surface area contributed by atoms with E-state index in [1.165, 1.54) is 17.4 Å². The molecule has 1 aliphatic rings. The number of benzene rings is 1. The Labute approximate surface area is 137 Å². The van der Waals surface area contributed by atoms with Gasteiger partial charge in [0.2, 0.25) is 5.91 Å². The standard InChI is InChI=1S/C17H17N5O2/c23-16(19-15-10-14(20-21-15)12-3-4-12)9-11-1-5-13(6-2-11)22-8-7-18-17(22)24/h1-2,5-8,10,12H,3-4,9H2,(H,18,24)(H2,19,20,21,23). The zero-order chi connectivity index (χ0) is 16.5. The normalized spacial score (nSPS) is 13.8. The third-order valence-electron chi connectivity index (χ3n) is 4.11. The van der Waals surface area contributed by atoms with Gasteiger partial charge in [-0.3, -0.25) is 14.5 Å². The number of carbonyl (C=O) groups is 1. The number of imidazole rings is 1. The fourth-order valence-electron chi connectivity index (χ4n) is 2.67. The van der Waals surface area contributed by atoms with Gasteiger partial charge in [-0.15, -0.1) is 0 Å². The van der Waals surface area contributed by atoms with Gasteiger partial charge in [-0.1, -0.05) is 12.1 Å². The molecule has 0 unspecified atom stereocenters. The Kier molecular flexibility index (Phi) is 3.53. The summed E-state index contributed by atoms with van der Waals surface area (Å²) >= 11 is 0. The van der Waals surface area contributed by atoms with E-state index in [2.05, 4.69) is 20.5 Å². The smallest absolute Gasteiger partial charge is 0.312 e. The van der Waals surface area contributed by atoms with Crippen LogP contribution in [0.3, 0.4) is 0 Å². The second kappa shape index (κ2) is 5.84. The minimum atomic E-state index is -0.189. The lowest BCUT2D eigenvalue weighted by molar-refractivity contribution is -0.115. The van der Waals surface area contributed by atoms with Gasteiger partial charge in [0.15, 0.2) is 5.82 Å². The molecule has 24 heavy (non-hydrogen) atoms. The van der Waals surface area contributed by atoms with Gasteiger partial charge >= 0.3 is 5.69 Å². The van der Waals surface area contributed by atoms with Crippen LogP contribution in [0.1, 0.15) is 30.0 Å². The van der Waals surface area contributed by atoms with Crippen LogP contribution in [-0.2, 0) is 11.2 Å².